The number of nitrogens with one attached hydrogen (secondary N) is 2. The Kier molecular flexibility index (Phi) is 4.85. The number of para-hydroxylation sites is 1. The lowest BCUT2D eigenvalue weighted by molar-refractivity contribution is -1.00. The van der Waals surface area contributed by atoms with Crippen molar-refractivity contribution < 1.29 is 9.80 Å². The van der Waals surface area contributed by atoms with Gasteiger partial charge in [0.1, 0.15) is 26.2 Å². The van der Waals surface area contributed by atoms with Gasteiger partial charge in [-0.25, -0.2) is 4.98 Å². The highest BCUT2D eigenvalue weighted by Crippen LogP contribution is 2.04. The minimum absolute atomic E-state index is 0.0844. The fourth-order valence-corrected chi connectivity index (χ4v) is 3.20. The van der Waals surface area contributed by atoms with Gasteiger partial charge in [0.05, 0.1) is 30.8 Å². The Labute approximate surface area is 131 Å². The third-order valence-electron chi connectivity index (χ3n) is 4.72. The molecule has 0 bridgehead atoms. The molecular weight excluding hydrogens is 276 g/mol. The third-order valence-corrected chi connectivity index (χ3v) is 4.72. The summed E-state index contributed by atoms with van der Waals surface area (Å²) in [5.41, 5.74) is 0.870. The van der Waals surface area contributed by atoms with E-state index in [-0.39, 0.29) is 5.56 Å². The molecule has 1 aliphatic heterocycles. The van der Waals surface area contributed by atoms with Crippen LogP contribution in [0, 0.1) is 0 Å². The van der Waals surface area contributed by atoms with Crippen LogP contribution in [0.2, 0.25) is 0 Å². The summed E-state index contributed by atoms with van der Waals surface area (Å²) in [5.74, 6) is 0. The Hall–Kier alpha value is -1.72. The first-order valence-electron chi connectivity index (χ1n) is 8.33. The maximum absolute atomic E-state index is 12.4. The molecular formula is C17H26N4O+2. The molecule has 0 atom stereocenters. The van der Waals surface area contributed by atoms with E-state index >= 15 is 0 Å². The van der Waals surface area contributed by atoms with Crippen LogP contribution in [0.1, 0.15) is 12.8 Å². The number of hydrogen-bond donors (Lipinski definition) is 2. The van der Waals surface area contributed by atoms with Crippen molar-refractivity contribution in [2.45, 2.75) is 19.4 Å². The van der Waals surface area contributed by atoms with Crippen molar-refractivity contribution in [1.82, 2.24) is 9.55 Å². The summed E-state index contributed by atoms with van der Waals surface area (Å²) >= 11 is 0. The molecule has 0 amide bonds. The van der Waals surface area contributed by atoms with E-state index in [0.717, 1.165) is 23.9 Å². The number of likely N-dealkylation sites (N-methyl/N-ethyl adjacent to an activating group) is 1. The van der Waals surface area contributed by atoms with Gasteiger partial charge in [-0.3, -0.25) is 9.36 Å². The van der Waals surface area contributed by atoms with Crippen molar-refractivity contribution in [3.63, 3.8) is 0 Å². The van der Waals surface area contributed by atoms with Crippen LogP contribution in [0.3, 0.4) is 0 Å². The lowest BCUT2D eigenvalue weighted by Gasteiger charge is -2.27. The second-order valence-corrected chi connectivity index (χ2v) is 6.42. The minimum atomic E-state index is 0.0844. The van der Waals surface area contributed by atoms with Gasteiger partial charge < -0.3 is 9.80 Å². The maximum Gasteiger partial charge on any atom is 0.261 e. The molecule has 1 saturated heterocycles. The first-order chi connectivity index (χ1) is 10.7. The number of unbranched alkanes of at least 4 members (excludes halogenated alkanes) is 1. The summed E-state index contributed by atoms with van der Waals surface area (Å²) in [4.78, 5) is 20.1. The van der Waals surface area contributed by atoms with Gasteiger partial charge >= 0.3 is 0 Å². The Morgan fingerprint density at radius 1 is 1.14 bits per heavy atom. The molecule has 1 aliphatic rings. The van der Waals surface area contributed by atoms with Crippen LogP contribution >= 0.6 is 0 Å². The Morgan fingerprint density at radius 2 is 1.91 bits per heavy atom. The Balaban J connectivity index is 1.52. The summed E-state index contributed by atoms with van der Waals surface area (Å²) in [6.07, 6.45) is 3.91. The molecule has 1 aromatic carbocycles. The van der Waals surface area contributed by atoms with Gasteiger partial charge in [0.15, 0.2) is 0 Å². The van der Waals surface area contributed by atoms with Crippen molar-refractivity contribution in [1.29, 1.82) is 0 Å². The smallest absolute Gasteiger partial charge is 0.261 e. The summed E-state index contributed by atoms with van der Waals surface area (Å²) < 4.78 is 1.76. The molecule has 0 aliphatic carbocycles. The second kappa shape index (κ2) is 7.03. The zero-order valence-corrected chi connectivity index (χ0v) is 13.3. The van der Waals surface area contributed by atoms with E-state index in [2.05, 4.69) is 12.0 Å². The Morgan fingerprint density at radius 3 is 2.73 bits per heavy atom. The van der Waals surface area contributed by atoms with Gasteiger partial charge in [-0.15, -0.1) is 0 Å². The molecule has 118 valence electrons. The largest absolute Gasteiger partial charge is 0.328 e. The van der Waals surface area contributed by atoms with Crippen LogP contribution in [-0.4, -0.2) is 49.3 Å². The minimum Gasteiger partial charge on any atom is -0.328 e. The van der Waals surface area contributed by atoms with Crippen molar-refractivity contribution in [3.8, 4) is 0 Å². The van der Waals surface area contributed by atoms with Gasteiger partial charge in [-0.1, -0.05) is 12.1 Å². The van der Waals surface area contributed by atoms with Gasteiger partial charge in [-0.2, -0.15) is 0 Å². The molecule has 2 heterocycles. The number of aromatic nitrogens is 2. The molecule has 0 unspecified atom stereocenters. The molecule has 0 radical (unpaired) electrons. The number of aryl methyl sites for hydroxylation is 1. The second-order valence-electron chi connectivity index (χ2n) is 6.42. The molecule has 22 heavy (non-hydrogen) atoms. The highest BCUT2D eigenvalue weighted by Gasteiger charge is 2.18. The monoisotopic (exact) mass is 302 g/mol. The van der Waals surface area contributed by atoms with Crippen LogP contribution in [0.4, 0.5) is 0 Å². The average molecular weight is 302 g/mol. The number of fused-ring (bicyclic) bond motifs is 1. The van der Waals surface area contributed by atoms with E-state index in [1.165, 1.54) is 39.1 Å². The predicted molar refractivity (Wildman–Crippen MR) is 87.4 cm³/mol. The molecule has 1 aromatic heterocycles. The third kappa shape index (κ3) is 3.54. The van der Waals surface area contributed by atoms with Gasteiger partial charge in [0, 0.05) is 6.54 Å². The van der Waals surface area contributed by atoms with E-state index in [1.54, 1.807) is 20.7 Å². The van der Waals surface area contributed by atoms with Crippen LogP contribution in [-0.2, 0) is 6.54 Å². The van der Waals surface area contributed by atoms with Crippen molar-refractivity contribution in [2.75, 3.05) is 39.8 Å². The lowest BCUT2D eigenvalue weighted by Crippen LogP contribution is -3.27. The molecule has 3 rings (SSSR count). The van der Waals surface area contributed by atoms with E-state index in [1.807, 2.05) is 24.3 Å². The quantitative estimate of drug-likeness (QED) is 0.667. The fraction of sp³-hybridized carbons (Fsp3) is 0.529. The molecule has 5 heteroatoms. The zero-order chi connectivity index (χ0) is 15.4. The van der Waals surface area contributed by atoms with Crippen LogP contribution in [0.5, 0.6) is 0 Å². The summed E-state index contributed by atoms with van der Waals surface area (Å²) in [5, 5.41) is 0.720. The number of piperazine rings is 1. The first-order valence-corrected chi connectivity index (χ1v) is 8.33. The summed E-state index contributed by atoms with van der Waals surface area (Å²) in [6, 6.07) is 7.56. The van der Waals surface area contributed by atoms with Crippen LogP contribution < -0.4 is 15.4 Å². The summed E-state index contributed by atoms with van der Waals surface area (Å²) in [6.45, 7) is 7.12. The van der Waals surface area contributed by atoms with Crippen molar-refractivity contribution in [2.24, 2.45) is 0 Å². The van der Waals surface area contributed by atoms with Gasteiger partial charge in [0.2, 0.25) is 0 Å². The van der Waals surface area contributed by atoms with Crippen LogP contribution in [0.25, 0.3) is 10.9 Å². The van der Waals surface area contributed by atoms with E-state index in [0.29, 0.717) is 0 Å². The maximum atomic E-state index is 12.4. The molecule has 5 nitrogen and oxygen atoms in total. The molecule has 2 N–H and O–H groups in total. The van der Waals surface area contributed by atoms with Gasteiger partial charge in [0.25, 0.3) is 5.56 Å². The zero-order valence-electron chi connectivity index (χ0n) is 13.3. The fourth-order valence-electron chi connectivity index (χ4n) is 3.20. The number of benzene rings is 1. The van der Waals surface area contributed by atoms with E-state index in [9.17, 15) is 4.79 Å². The van der Waals surface area contributed by atoms with Gasteiger partial charge in [-0.05, 0) is 25.0 Å². The van der Waals surface area contributed by atoms with Crippen LogP contribution in [0.15, 0.2) is 35.4 Å². The standard InChI is InChI=1S/C17H24N4O/c1-19-10-12-20(13-11-19)8-4-5-9-21-14-18-16-7-3-2-6-15(16)17(21)22/h2-3,6-7,14H,4-5,8-13H2,1H3/p+2. The molecule has 0 saturated carbocycles. The molecule has 1 fully saturated rings. The lowest BCUT2D eigenvalue weighted by atomic mass is 10.2. The average Bonchev–Trinajstić information content (AvgIpc) is 2.55. The Bertz CT molecular complexity index is 674. The SMILES string of the molecule is C[NH+]1CC[NH+](CCCCn2cnc3ccccc3c2=O)CC1. The molecule has 2 aromatic rings. The highest BCUT2D eigenvalue weighted by atomic mass is 16.1. The van der Waals surface area contributed by atoms with E-state index in [4.69, 9.17) is 0 Å². The molecule has 0 spiro atoms. The number of quaternary nitrogens is 2. The van der Waals surface area contributed by atoms with Crippen molar-refractivity contribution in [3.05, 3.63) is 40.9 Å². The van der Waals surface area contributed by atoms with E-state index < -0.39 is 0 Å². The first kappa shape index (κ1) is 15.2. The number of hydrogen-bond acceptors (Lipinski definition) is 2. The van der Waals surface area contributed by atoms with Crippen molar-refractivity contribution >= 4 is 10.9 Å². The topological polar surface area (TPSA) is 43.8 Å². The highest BCUT2D eigenvalue weighted by molar-refractivity contribution is 5.76. The summed E-state index contributed by atoms with van der Waals surface area (Å²) in [7, 11) is 2.27. The number of rotatable bonds is 5. The predicted octanol–water partition coefficient (Wildman–Crippen LogP) is -1.41. The number of nitrogens with zero attached hydrogens (tertiary/aromatic N) is 2. The normalized spacial score (nSPS) is 22.0.